The first kappa shape index (κ1) is 33.3. The Morgan fingerprint density at radius 3 is 1.83 bits per heavy atom. The van der Waals surface area contributed by atoms with Gasteiger partial charge in [0.15, 0.2) is 0 Å². The molecular weight excluding hydrogens is 717 g/mol. The van der Waals surface area contributed by atoms with E-state index in [0.717, 1.165) is 44.7 Å². The Bertz CT molecular complexity index is 3570. The molecule has 0 fully saturated rings. The van der Waals surface area contributed by atoms with Gasteiger partial charge >= 0.3 is 0 Å². The van der Waals surface area contributed by atoms with E-state index in [9.17, 15) is 0 Å². The van der Waals surface area contributed by atoms with Crippen LogP contribution in [-0.4, -0.2) is 4.57 Å². The number of rotatable bonds is 6. The monoisotopic (exact) mass is 752 g/mol. The van der Waals surface area contributed by atoms with Gasteiger partial charge < -0.3 is 13.9 Å². The molecule has 0 unspecified atom stereocenters. The molecule has 0 aliphatic rings. The normalized spacial score (nSPS) is 11.7. The number of hydrogen-bond donors (Lipinski definition) is 0. The predicted molar refractivity (Wildman–Crippen MR) is 249 cm³/mol. The third-order valence-corrected chi connectivity index (χ3v) is 12.0. The Morgan fingerprint density at radius 2 is 0.966 bits per heavy atom. The molecule has 0 amide bonds. The molecule has 12 aromatic rings. The van der Waals surface area contributed by atoms with E-state index in [4.69, 9.17) is 4.42 Å². The van der Waals surface area contributed by atoms with Gasteiger partial charge in [-0.2, -0.15) is 0 Å². The summed E-state index contributed by atoms with van der Waals surface area (Å²) in [6.07, 6.45) is 0. The van der Waals surface area contributed by atoms with E-state index >= 15 is 0 Å². The lowest BCUT2D eigenvalue weighted by atomic mass is 9.93. The van der Waals surface area contributed by atoms with Crippen molar-refractivity contribution in [3.63, 3.8) is 0 Å². The van der Waals surface area contributed by atoms with Crippen LogP contribution in [0.2, 0.25) is 0 Å². The summed E-state index contributed by atoms with van der Waals surface area (Å²) in [5.41, 5.74) is 13.4. The van der Waals surface area contributed by atoms with E-state index < -0.39 is 0 Å². The molecular formula is C56H36N2O. The van der Waals surface area contributed by atoms with Gasteiger partial charge in [0.05, 0.1) is 16.7 Å². The van der Waals surface area contributed by atoms with Gasteiger partial charge in [0.25, 0.3) is 0 Å². The first-order chi connectivity index (χ1) is 29.2. The molecule has 3 heteroatoms. The van der Waals surface area contributed by atoms with Gasteiger partial charge in [-0.15, -0.1) is 0 Å². The zero-order valence-electron chi connectivity index (χ0n) is 32.1. The maximum Gasteiger partial charge on any atom is 0.135 e. The number of aromatic nitrogens is 1. The Labute approximate surface area is 341 Å². The first-order valence-corrected chi connectivity index (χ1v) is 20.2. The molecule has 10 aromatic carbocycles. The Morgan fingerprint density at radius 1 is 0.339 bits per heavy atom. The highest BCUT2D eigenvalue weighted by molar-refractivity contribution is 6.12. The molecule has 0 spiro atoms. The topological polar surface area (TPSA) is 21.3 Å². The lowest BCUT2D eigenvalue weighted by Gasteiger charge is -2.27. The Hall–Kier alpha value is -7.88. The molecule has 0 aliphatic heterocycles. The molecule has 0 saturated carbocycles. The summed E-state index contributed by atoms with van der Waals surface area (Å²) in [4.78, 5) is 2.39. The standard InChI is InChI=1S/C56H36N2O/c1-2-14-40-34-43(30-24-37(40)12-1)57(52-22-11-15-38-13-3-4-18-47(38)52)42-28-25-39(26-29-42)45-16-5-6-17-46(45)41-27-32-54-50(35-41)48-19-7-9-21-53(48)58(54)44-31-33-56-51(36-44)49-20-8-10-23-55(49)59-56/h1-36H. The highest BCUT2D eigenvalue weighted by Gasteiger charge is 2.19. The summed E-state index contributed by atoms with van der Waals surface area (Å²) in [5.74, 6) is 0. The molecule has 0 saturated heterocycles. The second-order valence-electron chi connectivity index (χ2n) is 15.3. The van der Waals surface area contributed by atoms with E-state index in [1.165, 1.54) is 65.6 Å². The maximum atomic E-state index is 6.19. The SMILES string of the molecule is c1ccc(-c2ccc3c(c2)c2ccccc2n3-c2ccc3oc4ccccc4c3c2)c(-c2ccc(N(c3ccc4ccccc4c3)c3cccc4ccccc34)cc2)c1. The van der Waals surface area contributed by atoms with Crippen molar-refractivity contribution in [3.8, 4) is 27.9 Å². The van der Waals surface area contributed by atoms with Gasteiger partial charge in [0, 0.05) is 44.0 Å². The van der Waals surface area contributed by atoms with Crippen molar-refractivity contribution in [2.45, 2.75) is 0 Å². The average molecular weight is 753 g/mol. The van der Waals surface area contributed by atoms with Crippen LogP contribution in [0.1, 0.15) is 0 Å². The van der Waals surface area contributed by atoms with Crippen LogP contribution < -0.4 is 4.90 Å². The lowest BCUT2D eigenvalue weighted by Crippen LogP contribution is -2.10. The molecule has 3 nitrogen and oxygen atoms in total. The summed E-state index contributed by atoms with van der Waals surface area (Å²) < 4.78 is 8.57. The van der Waals surface area contributed by atoms with E-state index in [1.807, 2.05) is 12.1 Å². The molecule has 0 radical (unpaired) electrons. The second-order valence-corrected chi connectivity index (χ2v) is 15.3. The summed E-state index contributed by atoms with van der Waals surface area (Å²) in [5, 5.41) is 9.58. The van der Waals surface area contributed by atoms with Crippen molar-refractivity contribution in [1.82, 2.24) is 4.57 Å². The van der Waals surface area contributed by atoms with Crippen molar-refractivity contribution in [2.24, 2.45) is 0 Å². The highest BCUT2D eigenvalue weighted by atomic mass is 16.3. The van der Waals surface area contributed by atoms with Crippen molar-refractivity contribution in [2.75, 3.05) is 4.90 Å². The van der Waals surface area contributed by atoms with Crippen molar-refractivity contribution in [1.29, 1.82) is 0 Å². The third kappa shape index (κ3) is 5.44. The molecule has 2 heterocycles. The molecule has 2 aromatic heterocycles. The Kier molecular flexibility index (Phi) is 7.54. The summed E-state index contributed by atoms with van der Waals surface area (Å²) >= 11 is 0. The third-order valence-electron chi connectivity index (χ3n) is 12.0. The zero-order valence-corrected chi connectivity index (χ0v) is 32.1. The van der Waals surface area contributed by atoms with Crippen LogP contribution >= 0.6 is 0 Å². The summed E-state index contributed by atoms with van der Waals surface area (Å²) in [6.45, 7) is 0. The van der Waals surface area contributed by atoms with Gasteiger partial charge in [-0.1, -0.05) is 146 Å². The van der Waals surface area contributed by atoms with E-state index in [1.54, 1.807) is 0 Å². The minimum absolute atomic E-state index is 0.901. The molecule has 0 aliphatic carbocycles. The largest absolute Gasteiger partial charge is 0.456 e. The molecule has 59 heavy (non-hydrogen) atoms. The summed E-state index contributed by atoms with van der Waals surface area (Å²) in [7, 11) is 0. The number of nitrogens with zero attached hydrogens (tertiary/aromatic N) is 2. The number of hydrogen-bond acceptors (Lipinski definition) is 2. The fourth-order valence-electron chi connectivity index (χ4n) is 9.19. The van der Waals surface area contributed by atoms with Crippen molar-refractivity contribution >= 4 is 82.4 Å². The molecule has 0 N–H and O–H groups in total. The molecule has 0 atom stereocenters. The fraction of sp³-hybridized carbons (Fsp3) is 0. The highest BCUT2D eigenvalue weighted by Crippen LogP contribution is 2.43. The molecule has 12 rings (SSSR count). The fourth-order valence-corrected chi connectivity index (χ4v) is 9.19. The van der Waals surface area contributed by atoms with Gasteiger partial charge in [-0.3, -0.25) is 0 Å². The van der Waals surface area contributed by atoms with Crippen molar-refractivity contribution < 1.29 is 4.42 Å². The van der Waals surface area contributed by atoms with Crippen LogP contribution in [0.4, 0.5) is 17.1 Å². The zero-order chi connectivity index (χ0) is 38.9. The van der Waals surface area contributed by atoms with E-state index in [-0.39, 0.29) is 0 Å². The maximum absolute atomic E-state index is 6.19. The minimum Gasteiger partial charge on any atom is -0.456 e. The first-order valence-electron chi connectivity index (χ1n) is 20.2. The lowest BCUT2D eigenvalue weighted by molar-refractivity contribution is 0.669. The number of para-hydroxylation sites is 2. The smallest absolute Gasteiger partial charge is 0.135 e. The number of benzene rings is 10. The van der Waals surface area contributed by atoms with Crippen LogP contribution in [0.25, 0.3) is 93.2 Å². The van der Waals surface area contributed by atoms with Crippen molar-refractivity contribution in [3.05, 3.63) is 218 Å². The van der Waals surface area contributed by atoms with E-state index in [0.29, 0.717) is 0 Å². The van der Waals surface area contributed by atoms with Gasteiger partial charge in [-0.25, -0.2) is 0 Å². The van der Waals surface area contributed by atoms with Crippen LogP contribution in [0.15, 0.2) is 223 Å². The number of furan rings is 1. The van der Waals surface area contributed by atoms with Crippen LogP contribution in [0.3, 0.4) is 0 Å². The second kappa shape index (κ2) is 13.4. The summed E-state index contributed by atoms with van der Waals surface area (Å²) in [6, 6.07) is 78.9. The minimum atomic E-state index is 0.901. The van der Waals surface area contributed by atoms with Crippen LogP contribution in [0, 0.1) is 0 Å². The Balaban J connectivity index is 0.965. The van der Waals surface area contributed by atoms with E-state index in [2.05, 4.69) is 216 Å². The number of fused-ring (bicyclic) bond motifs is 8. The quantitative estimate of drug-likeness (QED) is 0.169. The van der Waals surface area contributed by atoms with Gasteiger partial charge in [0.1, 0.15) is 11.2 Å². The molecule has 276 valence electrons. The van der Waals surface area contributed by atoms with Gasteiger partial charge in [-0.05, 0) is 111 Å². The van der Waals surface area contributed by atoms with Crippen LogP contribution in [0.5, 0.6) is 0 Å². The van der Waals surface area contributed by atoms with Gasteiger partial charge in [0.2, 0.25) is 0 Å². The van der Waals surface area contributed by atoms with Crippen LogP contribution in [-0.2, 0) is 0 Å². The average Bonchev–Trinajstić information content (AvgIpc) is 3.84. The molecule has 0 bridgehead atoms. The predicted octanol–water partition coefficient (Wildman–Crippen LogP) is 15.8. The number of anilines is 3.